The number of nitrogens with zero attached hydrogens (tertiary/aromatic N) is 4. The number of para-hydroxylation sites is 1. The summed E-state index contributed by atoms with van der Waals surface area (Å²) in [6.45, 7) is 5.08. The molecule has 0 saturated carbocycles. The normalized spacial score (nSPS) is 14.2. The van der Waals surface area contributed by atoms with Crippen LogP contribution >= 0.6 is 0 Å². The summed E-state index contributed by atoms with van der Waals surface area (Å²) >= 11 is 0. The van der Waals surface area contributed by atoms with Gasteiger partial charge in [-0.3, -0.25) is 0 Å². The first-order valence-corrected chi connectivity index (χ1v) is 9.56. The Morgan fingerprint density at radius 2 is 1.62 bits per heavy atom. The fraction of sp³-hybridized carbons (Fsp3) is 0.273. The Kier molecular flexibility index (Phi) is 5.55. The minimum atomic E-state index is -0.505. The Balaban J connectivity index is 1.43. The minimum absolute atomic E-state index is 0.0960. The maximum absolute atomic E-state index is 13.8. The van der Waals surface area contributed by atoms with E-state index in [4.69, 9.17) is 4.74 Å². The van der Waals surface area contributed by atoms with Crippen molar-refractivity contribution >= 4 is 11.6 Å². The Bertz CT molecular complexity index is 976. The van der Waals surface area contributed by atoms with Crippen molar-refractivity contribution in [2.45, 2.75) is 13.5 Å². The molecule has 29 heavy (non-hydrogen) atoms. The third-order valence-corrected chi connectivity index (χ3v) is 4.89. The van der Waals surface area contributed by atoms with Crippen LogP contribution in [0.25, 0.3) is 0 Å². The van der Waals surface area contributed by atoms with Crippen LogP contribution in [-0.4, -0.2) is 36.1 Å². The number of anilines is 2. The van der Waals surface area contributed by atoms with E-state index in [1.54, 1.807) is 6.07 Å². The van der Waals surface area contributed by atoms with Gasteiger partial charge in [-0.15, -0.1) is 0 Å². The van der Waals surface area contributed by atoms with Crippen molar-refractivity contribution in [1.29, 1.82) is 0 Å². The van der Waals surface area contributed by atoms with Crippen LogP contribution in [0.1, 0.15) is 11.3 Å². The van der Waals surface area contributed by atoms with Crippen molar-refractivity contribution in [2.75, 3.05) is 36.0 Å². The highest BCUT2D eigenvalue weighted by Crippen LogP contribution is 2.21. The van der Waals surface area contributed by atoms with Crippen molar-refractivity contribution in [1.82, 2.24) is 9.97 Å². The van der Waals surface area contributed by atoms with Gasteiger partial charge >= 0.3 is 0 Å². The van der Waals surface area contributed by atoms with Gasteiger partial charge in [0.15, 0.2) is 0 Å². The number of hydrogen-bond acceptors (Lipinski definition) is 5. The monoisotopic (exact) mass is 396 g/mol. The van der Waals surface area contributed by atoms with Crippen molar-refractivity contribution in [3.63, 3.8) is 0 Å². The molecule has 1 aromatic heterocycles. The molecule has 0 bridgehead atoms. The summed E-state index contributed by atoms with van der Waals surface area (Å²) in [5.41, 5.74) is 2.12. The summed E-state index contributed by atoms with van der Waals surface area (Å²) < 4.78 is 32.8. The van der Waals surface area contributed by atoms with E-state index in [2.05, 4.69) is 31.9 Å². The van der Waals surface area contributed by atoms with Crippen LogP contribution in [0.2, 0.25) is 0 Å². The molecule has 0 radical (unpaired) electrons. The van der Waals surface area contributed by atoms with E-state index in [1.165, 1.54) is 5.69 Å². The van der Waals surface area contributed by atoms with Gasteiger partial charge in [-0.1, -0.05) is 18.2 Å². The first-order chi connectivity index (χ1) is 14.1. The highest BCUT2D eigenvalue weighted by atomic mass is 19.1. The fourth-order valence-electron chi connectivity index (χ4n) is 3.35. The minimum Gasteiger partial charge on any atom is -0.473 e. The van der Waals surface area contributed by atoms with Crippen LogP contribution in [0.5, 0.6) is 5.88 Å². The highest BCUT2D eigenvalue weighted by Gasteiger charge is 2.20. The molecular weight excluding hydrogens is 374 g/mol. The van der Waals surface area contributed by atoms with Crippen molar-refractivity contribution < 1.29 is 13.5 Å². The zero-order valence-electron chi connectivity index (χ0n) is 16.2. The second-order valence-electron chi connectivity index (χ2n) is 6.98. The van der Waals surface area contributed by atoms with E-state index in [0.29, 0.717) is 11.8 Å². The molecule has 2 heterocycles. The van der Waals surface area contributed by atoms with E-state index < -0.39 is 11.6 Å². The SMILES string of the molecule is Cc1cc(OCc2cc(F)ccc2F)nc(N2CCN(c3ccccc3)CC2)n1. The number of rotatable bonds is 5. The zero-order chi connectivity index (χ0) is 20.2. The molecule has 0 amide bonds. The molecular formula is C22H22F2N4O. The highest BCUT2D eigenvalue weighted by molar-refractivity contribution is 5.48. The number of ether oxygens (including phenoxy) is 1. The lowest BCUT2D eigenvalue weighted by Crippen LogP contribution is -2.47. The van der Waals surface area contributed by atoms with Gasteiger partial charge in [0.1, 0.15) is 18.2 Å². The number of aromatic nitrogens is 2. The molecule has 5 nitrogen and oxygen atoms in total. The average Bonchev–Trinajstić information content (AvgIpc) is 2.75. The topological polar surface area (TPSA) is 41.5 Å². The summed E-state index contributed by atoms with van der Waals surface area (Å²) in [4.78, 5) is 13.4. The number of aryl methyl sites for hydroxylation is 1. The van der Waals surface area contributed by atoms with Gasteiger partial charge in [0.25, 0.3) is 0 Å². The third kappa shape index (κ3) is 4.62. The summed E-state index contributed by atoms with van der Waals surface area (Å²) in [6.07, 6.45) is 0. The van der Waals surface area contributed by atoms with E-state index in [1.807, 2.05) is 25.1 Å². The Labute approximate surface area is 168 Å². The maximum Gasteiger partial charge on any atom is 0.228 e. The third-order valence-electron chi connectivity index (χ3n) is 4.89. The Hall–Kier alpha value is -3.22. The van der Waals surface area contributed by atoms with Gasteiger partial charge in [0, 0.05) is 49.2 Å². The molecule has 1 aliphatic rings. The van der Waals surface area contributed by atoms with Crippen molar-refractivity contribution in [3.8, 4) is 5.88 Å². The van der Waals surface area contributed by atoms with Gasteiger partial charge in [-0.25, -0.2) is 13.8 Å². The van der Waals surface area contributed by atoms with E-state index >= 15 is 0 Å². The van der Waals surface area contributed by atoms with Gasteiger partial charge in [-0.05, 0) is 37.3 Å². The smallest absolute Gasteiger partial charge is 0.228 e. The molecule has 1 fully saturated rings. The lowest BCUT2D eigenvalue weighted by molar-refractivity contribution is 0.286. The number of hydrogen-bond donors (Lipinski definition) is 0. The molecule has 0 atom stereocenters. The number of halogens is 2. The van der Waals surface area contributed by atoms with Crippen molar-refractivity contribution in [3.05, 3.63) is 77.5 Å². The van der Waals surface area contributed by atoms with Crippen LogP contribution in [0, 0.1) is 18.6 Å². The van der Waals surface area contributed by atoms with Crippen LogP contribution in [0.3, 0.4) is 0 Å². The molecule has 3 aromatic rings. The lowest BCUT2D eigenvalue weighted by Gasteiger charge is -2.36. The summed E-state index contributed by atoms with van der Waals surface area (Å²) in [7, 11) is 0. The lowest BCUT2D eigenvalue weighted by atomic mass is 10.2. The van der Waals surface area contributed by atoms with E-state index in [-0.39, 0.29) is 12.2 Å². The molecule has 1 aliphatic heterocycles. The average molecular weight is 396 g/mol. The molecule has 0 spiro atoms. The molecule has 0 N–H and O–H groups in total. The molecule has 7 heteroatoms. The molecule has 0 aliphatic carbocycles. The van der Waals surface area contributed by atoms with Crippen LogP contribution < -0.4 is 14.5 Å². The molecule has 1 saturated heterocycles. The maximum atomic E-state index is 13.8. The summed E-state index contributed by atoms with van der Waals surface area (Å²) in [6, 6.07) is 15.3. The van der Waals surface area contributed by atoms with Crippen LogP contribution in [0.4, 0.5) is 20.4 Å². The predicted molar refractivity (Wildman–Crippen MR) is 108 cm³/mol. The van der Waals surface area contributed by atoms with E-state index in [9.17, 15) is 8.78 Å². The van der Waals surface area contributed by atoms with Gasteiger partial charge < -0.3 is 14.5 Å². The molecule has 150 valence electrons. The van der Waals surface area contributed by atoms with Gasteiger partial charge in [-0.2, -0.15) is 4.98 Å². The fourth-order valence-corrected chi connectivity index (χ4v) is 3.35. The van der Waals surface area contributed by atoms with Gasteiger partial charge in [0.2, 0.25) is 11.8 Å². The zero-order valence-corrected chi connectivity index (χ0v) is 16.2. The second-order valence-corrected chi connectivity index (χ2v) is 6.98. The molecule has 0 unspecified atom stereocenters. The second kappa shape index (κ2) is 8.43. The Morgan fingerprint density at radius 3 is 2.38 bits per heavy atom. The van der Waals surface area contributed by atoms with E-state index in [0.717, 1.165) is 50.1 Å². The molecule has 2 aromatic carbocycles. The first kappa shape index (κ1) is 19.1. The largest absolute Gasteiger partial charge is 0.473 e. The van der Waals surface area contributed by atoms with Crippen LogP contribution in [0.15, 0.2) is 54.6 Å². The Morgan fingerprint density at radius 1 is 0.897 bits per heavy atom. The standard InChI is InChI=1S/C22H22F2N4O/c1-16-13-21(29-15-17-14-18(23)7-8-20(17)24)26-22(25-16)28-11-9-27(10-12-28)19-5-3-2-4-6-19/h2-8,13-14H,9-12,15H2,1H3. The van der Waals surface area contributed by atoms with Gasteiger partial charge in [0.05, 0.1) is 0 Å². The first-order valence-electron chi connectivity index (χ1n) is 9.56. The number of piperazine rings is 1. The summed E-state index contributed by atoms with van der Waals surface area (Å²) in [5.74, 6) is -0.0654. The summed E-state index contributed by atoms with van der Waals surface area (Å²) in [5, 5.41) is 0. The predicted octanol–water partition coefficient (Wildman–Crippen LogP) is 3.97. The number of benzene rings is 2. The molecule has 4 rings (SSSR count). The van der Waals surface area contributed by atoms with Crippen molar-refractivity contribution in [2.24, 2.45) is 0 Å². The van der Waals surface area contributed by atoms with Crippen LogP contribution in [-0.2, 0) is 6.61 Å². The quantitative estimate of drug-likeness (QED) is 0.653.